The molecule has 2 fully saturated rings. The third-order valence-corrected chi connectivity index (χ3v) is 6.44. The van der Waals surface area contributed by atoms with E-state index in [4.69, 9.17) is 9.97 Å². The molecule has 139 valence electrons. The van der Waals surface area contributed by atoms with Crippen molar-refractivity contribution < 1.29 is 0 Å². The van der Waals surface area contributed by atoms with E-state index in [0.29, 0.717) is 5.92 Å². The van der Waals surface area contributed by atoms with Crippen molar-refractivity contribution in [2.75, 3.05) is 0 Å². The van der Waals surface area contributed by atoms with Gasteiger partial charge in [-0.1, -0.05) is 82.9 Å². The molecule has 0 bridgehead atoms. The summed E-state index contributed by atoms with van der Waals surface area (Å²) >= 11 is 0. The average Bonchev–Trinajstić information content (AvgIpc) is 2.98. The zero-order valence-electron chi connectivity index (χ0n) is 16.2. The molecule has 0 aromatic carbocycles. The van der Waals surface area contributed by atoms with Crippen molar-refractivity contribution in [1.29, 1.82) is 0 Å². The molecule has 2 aliphatic rings. The van der Waals surface area contributed by atoms with Gasteiger partial charge in [0.1, 0.15) is 11.5 Å². The molecule has 0 amide bonds. The van der Waals surface area contributed by atoms with Crippen LogP contribution < -0.4 is 5.59 Å². The van der Waals surface area contributed by atoms with Crippen molar-refractivity contribution in [2.45, 2.75) is 102 Å². The Balaban J connectivity index is 1.46. The Morgan fingerprint density at radius 2 is 1.42 bits per heavy atom. The van der Waals surface area contributed by atoms with E-state index in [0.717, 1.165) is 22.7 Å². The predicted octanol–water partition coefficient (Wildman–Crippen LogP) is 5.65. The van der Waals surface area contributed by atoms with Crippen molar-refractivity contribution in [3.63, 3.8) is 0 Å². The highest BCUT2D eigenvalue weighted by Gasteiger charge is 2.18. The van der Waals surface area contributed by atoms with Crippen LogP contribution in [0, 0.1) is 0 Å². The summed E-state index contributed by atoms with van der Waals surface area (Å²) in [5, 5.41) is 1.16. The van der Waals surface area contributed by atoms with Crippen LogP contribution in [0.3, 0.4) is 0 Å². The molecule has 2 aromatic rings. The van der Waals surface area contributed by atoms with Gasteiger partial charge in [-0.15, -0.1) is 0 Å². The van der Waals surface area contributed by atoms with Gasteiger partial charge in [0, 0.05) is 17.5 Å². The Hall–Kier alpha value is -1.32. The van der Waals surface area contributed by atoms with E-state index in [1.54, 1.807) is 0 Å². The molecule has 1 radical (unpaired) electrons. The third kappa shape index (κ3) is 4.69. The number of nitrogens with zero attached hydrogens (tertiary/aromatic N) is 2. The molecule has 2 aliphatic carbocycles. The summed E-state index contributed by atoms with van der Waals surface area (Å²) in [5.41, 5.74) is 2.28. The van der Waals surface area contributed by atoms with Crippen LogP contribution >= 0.6 is 0 Å². The second-order valence-corrected chi connectivity index (χ2v) is 8.57. The van der Waals surface area contributed by atoms with Crippen LogP contribution in [0.2, 0.25) is 5.82 Å². The normalized spacial score (nSPS) is 21.7. The van der Waals surface area contributed by atoms with E-state index in [9.17, 15) is 0 Å². The minimum absolute atomic E-state index is 0.557. The third-order valence-electron chi connectivity index (χ3n) is 6.44. The molecule has 2 saturated carbocycles. The fraction of sp³-hybridized carbons (Fsp3) is 0.727. The number of nitrogens with one attached hydrogen (secondary N) is 1. The number of aromatic nitrogens is 3. The highest BCUT2D eigenvalue weighted by molar-refractivity contribution is 6.54. The smallest absolute Gasteiger partial charge is 0.178 e. The Bertz CT molecular complexity index is 680. The predicted molar refractivity (Wildman–Crippen MR) is 110 cm³/mol. The van der Waals surface area contributed by atoms with Gasteiger partial charge in [0.05, 0.1) is 0 Å². The summed E-state index contributed by atoms with van der Waals surface area (Å²) in [6.07, 6.45) is 21.1. The van der Waals surface area contributed by atoms with Crippen LogP contribution in [-0.4, -0.2) is 22.2 Å². The van der Waals surface area contributed by atoms with E-state index >= 15 is 0 Å². The highest BCUT2D eigenvalue weighted by atomic mass is 14.9. The van der Waals surface area contributed by atoms with Gasteiger partial charge >= 0.3 is 0 Å². The number of rotatable bonds is 3. The fourth-order valence-electron chi connectivity index (χ4n) is 4.86. The van der Waals surface area contributed by atoms with Gasteiger partial charge in [-0.25, -0.2) is 9.97 Å². The standard InChI is InChI=1S/C22H33BN3/c1-3-7-11-17(12-8-4-1)21-24-16-18-15-20(25-22(18)26-21)23-19-13-9-5-2-6-10-14-19/h15-17,19H,1-14H2,(H,24,25,26). The molecule has 0 spiro atoms. The van der Waals surface area contributed by atoms with Gasteiger partial charge in [-0.05, 0) is 24.5 Å². The zero-order valence-corrected chi connectivity index (χ0v) is 16.2. The summed E-state index contributed by atoms with van der Waals surface area (Å²) in [5.74, 6) is 2.35. The first kappa shape index (κ1) is 18.1. The molecule has 26 heavy (non-hydrogen) atoms. The van der Waals surface area contributed by atoms with E-state index in [1.807, 2.05) is 6.20 Å². The summed E-state index contributed by atoms with van der Waals surface area (Å²) in [7, 11) is 2.46. The first-order valence-electron chi connectivity index (χ1n) is 11.1. The maximum atomic E-state index is 4.93. The number of H-pyrrole nitrogens is 1. The molecule has 4 heteroatoms. The van der Waals surface area contributed by atoms with Crippen LogP contribution in [-0.2, 0) is 0 Å². The van der Waals surface area contributed by atoms with Crippen LogP contribution in [0.1, 0.15) is 102 Å². The van der Waals surface area contributed by atoms with Crippen molar-refractivity contribution >= 4 is 23.9 Å². The molecular formula is C22H33BN3. The quantitative estimate of drug-likeness (QED) is 0.727. The maximum absolute atomic E-state index is 4.93. The summed E-state index contributed by atoms with van der Waals surface area (Å²) in [6.45, 7) is 0. The molecular weight excluding hydrogens is 317 g/mol. The lowest BCUT2D eigenvalue weighted by atomic mass is 9.58. The lowest BCUT2D eigenvalue weighted by Gasteiger charge is -2.18. The van der Waals surface area contributed by atoms with Crippen molar-refractivity contribution in [3.8, 4) is 0 Å². The van der Waals surface area contributed by atoms with Crippen LogP contribution in [0.5, 0.6) is 0 Å². The van der Waals surface area contributed by atoms with Gasteiger partial charge in [-0.3, -0.25) is 0 Å². The molecule has 0 aliphatic heterocycles. The highest BCUT2D eigenvalue weighted by Crippen LogP contribution is 2.29. The first-order valence-corrected chi connectivity index (χ1v) is 11.1. The second-order valence-electron chi connectivity index (χ2n) is 8.57. The zero-order chi connectivity index (χ0) is 17.6. The lowest BCUT2D eigenvalue weighted by Crippen LogP contribution is -2.21. The van der Waals surface area contributed by atoms with E-state index in [-0.39, 0.29) is 0 Å². The van der Waals surface area contributed by atoms with Crippen molar-refractivity contribution in [1.82, 2.24) is 15.0 Å². The molecule has 2 aromatic heterocycles. The van der Waals surface area contributed by atoms with Gasteiger partial charge in [-0.2, -0.15) is 0 Å². The Kier molecular flexibility index (Phi) is 6.29. The number of hydrogen-bond acceptors (Lipinski definition) is 2. The van der Waals surface area contributed by atoms with Gasteiger partial charge < -0.3 is 4.98 Å². The fourth-order valence-corrected chi connectivity index (χ4v) is 4.86. The summed E-state index contributed by atoms with van der Waals surface area (Å²) in [4.78, 5) is 13.3. The monoisotopic (exact) mass is 350 g/mol. The van der Waals surface area contributed by atoms with Crippen molar-refractivity contribution in [2.24, 2.45) is 0 Å². The van der Waals surface area contributed by atoms with Crippen LogP contribution in [0.15, 0.2) is 12.3 Å². The van der Waals surface area contributed by atoms with E-state index < -0.39 is 0 Å². The second kappa shape index (κ2) is 9.06. The summed E-state index contributed by atoms with van der Waals surface area (Å²) in [6, 6.07) is 2.25. The first-order chi connectivity index (χ1) is 12.9. The largest absolute Gasteiger partial charge is 0.352 e. The lowest BCUT2D eigenvalue weighted by molar-refractivity contribution is 0.443. The number of fused-ring (bicyclic) bond motifs is 1. The Morgan fingerprint density at radius 1 is 0.808 bits per heavy atom. The topological polar surface area (TPSA) is 41.6 Å². The number of hydrogen-bond donors (Lipinski definition) is 1. The minimum Gasteiger partial charge on any atom is -0.352 e. The van der Waals surface area contributed by atoms with Crippen LogP contribution in [0.4, 0.5) is 0 Å². The molecule has 0 atom stereocenters. The molecule has 4 rings (SSSR count). The molecule has 0 unspecified atom stereocenters. The molecule has 2 heterocycles. The maximum Gasteiger partial charge on any atom is 0.178 e. The Labute approximate surface area is 159 Å². The molecule has 1 N–H and O–H groups in total. The SMILES string of the molecule is [B](c1cc2cnc(C3CCCCCCC3)nc2[nH]1)C1CCCCCCC1. The van der Waals surface area contributed by atoms with E-state index in [1.165, 1.54) is 95.5 Å². The molecule has 3 nitrogen and oxygen atoms in total. The molecule has 0 saturated heterocycles. The number of aromatic amines is 1. The minimum atomic E-state index is 0.557. The summed E-state index contributed by atoms with van der Waals surface area (Å²) < 4.78 is 0. The Morgan fingerprint density at radius 3 is 2.12 bits per heavy atom. The van der Waals surface area contributed by atoms with Crippen LogP contribution in [0.25, 0.3) is 11.0 Å². The van der Waals surface area contributed by atoms with Gasteiger partial charge in [0.2, 0.25) is 0 Å². The van der Waals surface area contributed by atoms with E-state index in [2.05, 4.69) is 18.3 Å². The van der Waals surface area contributed by atoms with Gasteiger partial charge in [0.15, 0.2) is 7.28 Å². The van der Waals surface area contributed by atoms with Gasteiger partial charge in [0.25, 0.3) is 0 Å². The average molecular weight is 350 g/mol. The van der Waals surface area contributed by atoms with Crippen molar-refractivity contribution in [3.05, 3.63) is 18.1 Å².